The molecule has 0 aliphatic carbocycles. The molecule has 0 fully saturated rings. The third-order valence-corrected chi connectivity index (χ3v) is 5.68. The Morgan fingerprint density at radius 3 is 2.21 bits per heavy atom. The van der Waals surface area contributed by atoms with Gasteiger partial charge in [-0.05, 0) is 59.3 Å². The molecular weight excluding hydrogens is 360 g/mol. The third-order valence-electron chi connectivity index (χ3n) is 4.98. The predicted molar refractivity (Wildman–Crippen MR) is 106 cm³/mol. The lowest BCUT2D eigenvalue weighted by atomic mass is 9.94. The third kappa shape index (κ3) is 1.75. The molecule has 0 aliphatic heterocycles. The molecule has 0 bridgehead atoms. The summed E-state index contributed by atoms with van der Waals surface area (Å²) >= 11 is 3.70. The number of fused-ring (bicyclic) bond motifs is 1. The molecule has 24 heavy (non-hydrogen) atoms. The zero-order valence-electron chi connectivity index (χ0n) is 13.5. The van der Waals surface area contributed by atoms with Crippen LogP contribution in [-0.4, -0.2) is 0 Å². The minimum absolute atomic E-state index is 0.926. The van der Waals surface area contributed by atoms with E-state index in [0.717, 1.165) is 15.6 Å². The van der Waals surface area contributed by atoms with E-state index >= 15 is 0 Å². The smallest absolute Gasteiger partial charge is 0.135 e. The van der Waals surface area contributed by atoms with Gasteiger partial charge in [-0.25, -0.2) is 0 Å². The minimum atomic E-state index is 0.926. The van der Waals surface area contributed by atoms with Crippen LogP contribution in [0.1, 0.15) is 11.1 Å². The van der Waals surface area contributed by atoms with Gasteiger partial charge >= 0.3 is 0 Å². The highest BCUT2D eigenvalue weighted by molar-refractivity contribution is 9.10. The van der Waals surface area contributed by atoms with E-state index in [-0.39, 0.29) is 0 Å². The Bertz CT molecular complexity index is 1280. The second-order valence-corrected chi connectivity index (χ2v) is 7.29. The van der Waals surface area contributed by atoms with E-state index in [4.69, 9.17) is 4.42 Å². The zero-order chi connectivity index (χ0) is 16.4. The van der Waals surface area contributed by atoms with Gasteiger partial charge in [-0.3, -0.25) is 0 Å². The molecule has 4 aromatic carbocycles. The van der Waals surface area contributed by atoms with Gasteiger partial charge in [-0.1, -0.05) is 52.3 Å². The van der Waals surface area contributed by atoms with Gasteiger partial charge in [0.1, 0.15) is 11.2 Å². The highest BCUT2D eigenvalue weighted by Crippen LogP contribution is 2.41. The van der Waals surface area contributed by atoms with Crippen LogP contribution in [0.25, 0.3) is 43.5 Å². The first kappa shape index (κ1) is 14.1. The first-order chi connectivity index (χ1) is 11.6. The maximum atomic E-state index is 6.39. The van der Waals surface area contributed by atoms with Gasteiger partial charge in [-0.2, -0.15) is 0 Å². The van der Waals surface area contributed by atoms with E-state index in [2.05, 4.69) is 84.4 Å². The minimum Gasteiger partial charge on any atom is -0.456 e. The topological polar surface area (TPSA) is 13.1 Å². The molecule has 0 aliphatic rings. The number of benzene rings is 4. The Kier molecular flexibility index (Phi) is 2.84. The second-order valence-electron chi connectivity index (χ2n) is 6.44. The fourth-order valence-electron chi connectivity index (χ4n) is 3.87. The molecule has 1 aromatic heterocycles. The number of hydrogen-bond acceptors (Lipinski definition) is 1. The van der Waals surface area contributed by atoms with Crippen molar-refractivity contribution in [2.45, 2.75) is 13.8 Å². The van der Waals surface area contributed by atoms with Gasteiger partial charge in [-0.15, -0.1) is 0 Å². The van der Waals surface area contributed by atoms with Crippen LogP contribution in [0.15, 0.2) is 63.5 Å². The molecule has 0 unspecified atom stereocenters. The Balaban J connectivity index is 2.32. The molecule has 0 atom stereocenters. The lowest BCUT2D eigenvalue weighted by Gasteiger charge is -2.09. The summed E-state index contributed by atoms with van der Waals surface area (Å²) in [7, 11) is 0. The highest BCUT2D eigenvalue weighted by Gasteiger charge is 2.15. The Hall–Kier alpha value is -2.32. The summed E-state index contributed by atoms with van der Waals surface area (Å²) in [5.41, 5.74) is 4.42. The first-order valence-corrected chi connectivity index (χ1v) is 8.87. The van der Waals surface area contributed by atoms with E-state index in [1.54, 1.807) is 0 Å². The predicted octanol–water partition coefficient (Wildman–Crippen LogP) is 7.27. The quantitative estimate of drug-likeness (QED) is 0.277. The van der Waals surface area contributed by atoms with Crippen LogP contribution in [0.3, 0.4) is 0 Å². The van der Waals surface area contributed by atoms with E-state index in [1.165, 1.54) is 43.4 Å². The molecule has 0 amide bonds. The van der Waals surface area contributed by atoms with Gasteiger partial charge in [0.15, 0.2) is 0 Å². The molecule has 1 heterocycles. The van der Waals surface area contributed by atoms with Crippen LogP contribution in [0.2, 0.25) is 0 Å². The molecule has 0 saturated carbocycles. The number of aryl methyl sites for hydroxylation is 2. The van der Waals surface area contributed by atoms with Crippen molar-refractivity contribution in [2.24, 2.45) is 0 Å². The van der Waals surface area contributed by atoms with Crippen LogP contribution in [0.5, 0.6) is 0 Å². The number of hydrogen-bond donors (Lipinski definition) is 0. The molecule has 0 saturated heterocycles. The molecule has 5 aromatic rings. The average molecular weight is 375 g/mol. The van der Waals surface area contributed by atoms with Crippen molar-refractivity contribution < 1.29 is 4.42 Å². The van der Waals surface area contributed by atoms with Crippen molar-refractivity contribution in [3.63, 3.8) is 0 Å². The summed E-state index contributed by atoms with van der Waals surface area (Å²) in [6.45, 7) is 4.37. The van der Waals surface area contributed by atoms with Crippen molar-refractivity contribution in [1.82, 2.24) is 0 Å². The van der Waals surface area contributed by atoms with Crippen LogP contribution in [-0.2, 0) is 0 Å². The zero-order valence-corrected chi connectivity index (χ0v) is 15.1. The van der Waals surface area contributed by atoms with Crippen molar-refractivity contribution in [2.75, 3.05) is 0 Å². The van der Waals surface area contributed by atoms with E-state index in [9.17, 15) is 0 Å². The summed E-state index contributed by atoms with van der Waals surface area (Å²) in [5, 5.41) is 7.39. The first-order valence-electron chi connectivity index (χ1n) is 8.07. The second kappa shape index (κ2) is 4.84. The Labute approximate surface area is 148 Å². The summed E-state index contributed by atoms with van der Waals surface area (Å²) in [4.78, 5) is 0. The lowest BCUT2D eigenvalue weighted by Crippen LogP contribution is -1.85. The maximum Gasteiger partial charge on any atom is 0.135 e. The van der Waals surface area contributed by atoms with Crippen LogP contribution in [0.4, 0.5) is 0 Å². The summed E-state index contributed by atoms with van der Waals surface area (Å²) < 4.78 is 7.49. The molecule has 0 N–H and O–H groups in total. The fourth-order valence-corrected chi connectivity index (χ4v) is 4.33. The summed E-state index contributed by atoms with van der Waals surface area (Å²) in [6.07, 6.45) is 0. The molecule has 1 nitrogen and oxygen atoms in total. The van der Waals surface area contributed by atoms with Gasteiger partial charge in [0.05, 0.1) is 0 Å². The molecule has 5 rings (SSSR count). The monoisotopic (exact) mass is 374 g/mol. The lowest BCUT2D eigenvalue weighted by molar-refractivity contribution is 0.664. The number of halogens is 1. The molecule has 116 valence electrons. The highest BCUT2D eigenvalue weighted by atomic mass is 79.9. The van der Waals surface area contributed by atoms with E-state index < -0.39 is 0 Å². The standard InChI is InChI=1S/C22H15BrO/c1-12-6-8-14-4-3-5-17-21(14)19(12)20-13(2)7-9-15-16(23)10-11-18(24-17)22(15)20/h3-11H,1-2H3. The van der Waals surface area contributed by atoms with Gasteiger partial charge < -0.3 is 4.42 Å². The normalized spacial score (nSPS) is 12.0. The van der Waals surface area contributed by atoms with E-state index in [0.29, 0.717) is 0 Å². The van der Waals surface area contributed by atoms with Gasteiger partial charge in [0, 0.05) is 20.6 Å². The van der Waals surface area contributed by atoms with Crippen molar-refractivity contribution in [3.05, 3.63) is 70.2 Å². The fraction of sp³-hybridized carbons (Fsp3) is 0.0909. The van der Waals surface area contributed by atoms with Crippen LogP contribution >= 0.6 is 15.9 Å². The van der Waals surface area contributed by atoms with Crippen LogP contribution in [0, 0.1) is 13.8 Å². The molecular formula is C22H15BrO. The molecule has 0 radical (unpaired) electrons. The van der Waals surface area contributed by atoms with Crippen molar-refractivity contribution >= 4 is 59.4 Å². The average Bonchev–Trinajstić information content (AvgIpc) is 2.73. The largest absolute Gasteiger partial charge is 0.456 e. The summed E-state index contributed by atoms with van der Waals surface area (Å²) in [5.74, 6) is 0. The van der Waals surface area contributed by atoms with Gasteiger partial charge in [0.2, 0.25) is 0 Å². The molecule has 2 heteroatoms. The SMILES string of the molecule is Cc1ccc2cccc3oc4ccc(Br)c5ccc(C)c(c1c23)c45. The van der Waals surface area contributed by atoms with Crippen molar-refractivity contribution in [3.8, 4) is 0 Å². The maximum absolute atomic E-state index is 6.39. The van der Waals surface area contributed by atoms with Crippen LogP contribution < -0.4 is 0 Å². The summed E-state index contributed by atoms with van der Waals surface area (Å²) in [6, 6.07) is 19.2. The Morgan fingerprint density at radius 1 is 0.667 bits per heavy atom. The van der Waals surface area contributed by atoms with E-state index in [1.807, 2.05) is 0 Å². The molecule has 0 spiro atoms. The van der Waals surface area contributed by atoms with Crippen molar-refractivity contribution in [1.29, 1.82) is 0 Å². The number of rotatable bonds is 0. The van der Waals surface area contributed by atoms with Gasteiger partial charge in [0.25, 0.3) is 0 Å². The Morgan fingerprint density at radius 2 is 1.38 bits per heavy atom.